The Bertz CT molecular complexity index is 436. The summed E-state index contributed by atoms with van der Waals surface area (Å²) in [5.74, 6) is 0. The molecule has 1 aromatic heterocycles. The fourth-order valence-corrected chi connectivity index (χ4v) is 2.87. The minimum Gasteiger partial charge on any atom is -0.378 e. The first-order valence-electron chi connectivity index (χ1n) is 4.39. The van der Waals surface area contributed by atoms with Crippen LogP contribution in [0.3, 0.4) is 0 Å². The Balaban J connectivity index is 2.19. The number of anilines is 1. The average Bonchev–Trinajstić information content (AvgIpc) is 2.67. The summed E-state index contributed by atoms with van der Waals surface area (Å²) < 4.78 is 27.4. The summed E-state index contributed by atoms with van der Waals surface area (Å²) in [6.07, 6.45) is 1.30. The highest BCUT2D eigenvalue weighted by Crippen LogP contribution is 2.25. The lowest BCUT2D eigenvalue weighted by atomic mass is 10.5. The molecule has 15 heavy (non-hydrogen) atoms. The van der Waals surface area contributed by atoms with Crippen molar-refractivity contribution in [2.24, 2.45) is 5.14 Å². The number of hydrogen-bond donors (Lipinski definition) is 1. The summed E-state index contributed by atoms with van der Waals surface area (Å²) in [6, 6.07) is 0. The number of nitrogens with two attached hydrogens (primary N) is 1. The van der Waals surface area contributed by atoms with E-state index in [0.29, 0.717) is 18.3 Å². The highest BCUT2D eigenvalue weighted by atomic mass is 32.2. The molecule has 1 aliphatic rings. The van der Waals surface area contributed by atoms with Crippen LogP contribution in [0.15, 0.2) is 10.4 Å². The molecule has 2 rings (SSSR count). The van der Waals surface area contributed by atoms with Gasteiger partial charge in [0.1, 0.15) is 0 Å². The highest BCUT2D eigenvalue weighted by molar-refractivity contribution is 7.91. The molecule has 0 aromatic carbocycles. The van der Waals surface area contributed by atoms with Gasteiger partial charge in [-0.1, -0.05) is 11.3 Å². The fraction of sp³-hybridized carbons (Fsp3) is 0.571. The molecule has 0 aliphatic carbocycles. The molecule has 6 nitrogen and oxygen atoms in total. The summed E-state index contributed by atoms with van der Waals surface area (Å²) in [4.78, 5) is 6.02. The first-order valence-corrected chi connectivity index (χ1v) is 6.75. The van der Waals surface area contributed by atoms with Crippen LogP contribution in [0, 0.1) is 0 Å². The van der Waals surface area contributed by atoms with Crippen molar-refractivity contribution in [2.45, 2.75) is 4.21 Å². The van der Waals surface area contributed by atoms with Crippen LogP contribution in [-0.4, -0.2) is 39.7 Å². The minimum atomic E-state index is -3.62. The Hall–Kier alpha value is -0.700. The van der Waals surface area contributed by atoms with Crippen LogP contribution in [0.1, 0.15) is 0 Å². The monoisotopic (exact) mass is 249 g/mol. The predicted octanol–water partition coefficient (Wildman–Crippen LogP) is -0.373. The minimum absolute atomic E-state index is 0.101. The lowest BCUT2D eigenvalue weighted by Crippen LogP contribution is -2.36. The summed E-state index contributed by atoms with van der Waals surface area (Å²) in [7, 11) is -3.62. The number of primary sulfonamides is 1. The van der Waals surface area contributed by atoms with Crippen molar-refractivity contribution in [2.75, 3.05) is 31.2 Å². The van der Waals surface area contributed by atoms with Crippen molar-refractivity contribution in [3.63, 3.8) is 0 Å². The van der Waals surface area contributed by atoms with Crippen molar-refractivity contribution >= 4 is 26.5 Å². The van der Waals surface area contributed by atoms with Crippen molar-refractivity contribution in [3.8, 4) is 0 Å². The van der Waals surface area contributed by atoms with Gasteiger partial charge in [-0.25, -0.2) is 18.5 Å². The van der Waals surface area contributed by atoms with Gasteiger partial charge in [-0.05, 0) is 0 Å². The van der Waals surface area contributed by atoms with Gasteiger partial charge in [-0.3, -0.25) is 0 Å². The summed E-state index contributed by atoms with van der Waals surface area (Å²) in [6.45, 7) is 2.75. The Morgan fingerprint density at radius 1 is 1.47 bits per heavy atom. The molecule has 0 atom stereocenters. The van der Waals surface area contributed by atoms with Crippen LogP contribution in [0.25, 0.3) is 0 Å². The standard InChI is InChI=1S/C7H11N3O3S2/c8-15(11,12)6-5-9-7(14-6)10-1-3-13-4-2-10/h5H,1-4H2,(H2,8,11,12). The maximum Gasteiger partial charge on any atom is 0.249 e. The van der Waals surface area contributed by atoms with Crippen LogP contribution in [0.4, 0.5) is 5.13 Å². The summed E-state index contributed by atoms with van der Waals surface area (Å²) >= 11 is 1.09. The second kappa shape index (κ2) is 4.05. The van der Waals surface area contributed by atoms with Gasteiger partial charge >= 0.3 is 0 Å². The summed E-state index contributed by atoms with van der Waals surface area (Å²) in [5, 5.41) is 5.68. The van der Waals surface area contributed by atoms with E-state index in [1.807, 2.05) is 4.90 Å². The van der Waals surface area contributed by atoms with Crippen molar-refractivity contribution in [1.82, 2.24) is 4.98 Å². The Morgan fingerprint density at radius 3 is 2.67 bits per heavy atom. The lowest BCUT2D eigenvalue weighted by molar-refractivity contribution is 0.122. The van der Waals surface area contributed by atoms with Gasteiger partial charge in [0.2, 0.25) is 10.0 Å². The third-order valence-corrected chi connectivity index (χ3v) is 4.50. The van der Waals surface area contributed by atoms with E-state index in [-0.39, 0.29) is 4.21 Å². The molecule has 0 radical (unpaired) electrons. The Labute approximate surface area is 91.7 Å². The second-order valence-electron chi connectivity index (χ2n) is 3.11. The van der Waals surface area contributed by atoms with Gasteiger partial charge in [0.05, 0.1) is 19.4 Å². The van der Waals surface area contributed by atoms with E-state index < -0.39 is 10.0 Å². The Morgan fingerprint density at radius 2 is 2.13 bits per heavy atom. The molecule has 2 N–H and O–H groups in total. The lowest BCUT2D eigenvalue weighted by Gasteiger charge is -2.25. The maximum atomic E-state index is 11.0. The molecule has 0 bridgehead atoms. The van der Waals surface area contributed by atoms with Gasteiger partial charge in [-0.15, -0.1) is 0 Å². The fourth-order valence-electron chi connectivity index (χ4n) is 1.28. The van der Waals surface area contributed by atoms with Crippen LogP contribution in [-0.2, 0) is 14.8 Å². The molecule has 0 saturated carbocycles. The van der Waals surface area contributed by atoms with E-state index in [1.165, 1.54) is 6.20 Å². The van der Waals surface area contributed by atoms with Crippen molar-refractivity contribution in [3.05, 3.63) is 6.20 Å². The normalized spacial score (nSPS) is 18.1. The molecule has 2 heterocycles. The summed E-state index contributed by atoms with van der Waals surface area (Å²) in [5.41, 5.74) is 0. The molecular weight excluding hydrogens is 238 g/mol. The smallest absolute Gasteiger partial charge is 0.249 e. The molecule has 8 heteroatoms. The number of thiazole rings is 1. The van der Waals surface area contributed by atoms with Crippen LogP contribution in [0.5, 0.6) is 0 Å². The number of aromatic nitrogens is 1. The van der Waals surface area contributed by atoms with Gasteiger partial charge in [0.25, 0.3) is 0 Å². The van der Waals surface area contributed by atoms with Crippen LogP contribution in [0.2, 0.25) is 0 Å². The zero-order valence-electron chi connectivity index (χ0n) is 7.92. The SMILES string of the molecule is NS(=O)(=O)c1cnc(N2CCOCC2)s1. The molecule has 1 saturated heterocycles. The zero-order valence-corrected chi connectivity index (χ0v) is 9.55. The van der Waals surface area contributed by atoms with Crippen molar-refractivity contribution < 1.29 is 13.2 Å². The number of morpholine rings is 1. The third-order valence-electron chi connectivity index (χ3n) is 2.03. The van der Waals surface area contributed by atoms with Gasteiger partial charge in [0, 0.05) is 13.1 Å². The number of rotatable bonds is 2. The molecular formula is C7H11N3O3S2. The van der Waals surface area contributed by atoms with E-state index >= 15 is 0 Å². The molecule has 0 amide bonds. The van der Waals surface area contributed by atoms with Crippen molar-refractivity contribution in [1.29, 1.82) is 0 Å². The van der Waals surface area contributed by atoms with E-state index in [0.717, 1.165) is 24.4 Å². The molecule has 0 spiro atoms. The van der Waals surface area contributed by atoms with E-state index in [9.17, 15) is 8.42 Å². The first-order chi connectivity index (χ1) is 7.07. The van der Waals surface area contributed by atoms with E-state index in [4.69, 9.17) is 9.88 Å². The van der Waals surface area contributed by atoms with Crippen LogP contribution >= 0.6 is 11.3 Å². The second-order valence-corrected chi connectivity index (χ2v) is 5.90. The molecule has 1 fully saturated rings. The van der Waals surface area contributed by atoms with E-state index in [1.54, 1.807) is 0 Å². The number of hydrogen-bond acceptors (Lipinski definition) is 6. The van der Waals surface area contributed by atoms with E-state index in [2.05, 4.69) is 4.98 Å². The average molecular weight is 249 g/mol. The third kappa shape index (κ3) is 2.46. The zero-order chi connectivity index (χ0) is 10.9. The quantitative estimate of drug-likeness (QED) is 0.772. The predicted molar refractivity (Wildman–Crippen MR) is 56.5 cm³/mol. The topological polar surface area (TPSA) is 85.5 Å². The maximum absolute atomic E-state index is 11.0. The number of sulfonamides is 1. The van der Waals surface area contributed by atoms with Gasteiger partial charge in [0.15, 0.2) is 9.34 Å². The molecule has 1 aromatic rings. The first kappa shape index (κ1) is 10.8. The largest absolute Gasteiger partial charge is 0.378 e. The highest BCUT2D eigenvalue weighted by Gasteiger charge is 2.18. The van der Waals surface area contributed by atoms with Crippen LogP contribution < -0.4 is 10.0 Å². The number of nitrogens with zero attached hydrogens (tertiary/aromatic N) is 2. The number of ether oxygens (including phenoxy) is 1. The van der Waals surface area contributed by atoms with Gasteiger partial charge in [-0.2, -0.15) is 0 Å². The molecule has 0 unspecified atom stereocenters. The molecule has 1 aliphatic heterocycles. The Kier molecular flexibility index (Phi) is 2.91. The molecule has 84 valence electrons. The van der Waals surface area contributed by atoms with Gasteiger partial charge < -0.3 is 9.64 Å².